The highest BCUT2D eigenvalue weighted by molar-refractivity contribution is 7.80. The van der Waals surface area contributed by atoms with Gasteiger partial charge in [-0.2, -0.15) is 12.6 Å². The van der Waals surface area contributed by atoms with Crippen LogP contribution in [0.3, 0.4) is 0 Å². The number of carbonyl (C=O) groups is 6. The molecule has 0 rings (SSSR count). The first-order valence-electron chi connectivity index (χ1n) is 8.42. The minimum Gasteiger partial charge on any atom is -0.481 e. The minimum atomic E-state index is -1.78. The zero-order valence-electron chi connectivity index (χ0n) is 15.8. The fourth-order valence-corrected chi connectivity index (χ4v) is 2.23. The molecule has 5 atom stereocenters. The molecule has 0 aliphatic rings. The molecule has 15 heteroatoms. The first-order chi connectivity index (χ1) is 13.8. The third kappa shape index (κ3) is 9.53. The summed E-state index contributed by atoms with van der Waals surface area (Å²) >= 11 is 3.74. The SMILES string of the molecule is CC(O)C(N)C(=O)NC(CC(=O)O)C(=O)NC(CC(=O)O)C(=O)NC(CS)C(=O)O. The fourth-order valence-electron chi connectivity index (χ4n) is 1.98. The highest BCUT2D eigenvalue weighted by atomic mass is 32.1. The third-order valence-electron chi connectivity index (χ3n) is 3.64. The molecule has 5 unspecified atom stereocenters. The highest BCUT2D eigenvalue weighted by Gasteiger charge is 2.32. The number of carboxylic acid groups (broad SMARTS) is 3. The van der Waals surface area contributed by atoms with Crippen molar-refractivity contribution in [2.24, 2.45) is 5.73 Å². The van der Waals surface area contributed by atoms with E-state index in [0.717, 1.165) is 0 Å². The zero-order chi connectivity index (χ0) is 23.6. The molecule has 9 N–H and O–H groups in total. The van der Waals surface area contributed by atoms with Crippen LogP contribution in [0.25, 0.3) is 0 Å². The van der Waals surface area contributed by atoms with E-state index in [4.69, 9.17) is 21.1 Å². The van der Waals surface area contributed by atoms with Gasteiger partial charge in [0.25, 0.3) is 0 Å². The molecule has 0 saturated carbocycles. The van der Waals surface area contributed by atoms with Crippen molar-refractivity contribution in [1.82, 2.24) is 16.0 Å². The van der Waals surface area contributed by atoms with Crippen LogP contribution in [-0.2, 0) is 28.8 Å². The van der Waals surface area contributed by atoms with Crippen LogP contribution in [0.15, 0.2) is 0 Å². The van der Waals surface area contributed by atoms with Crippen LogP contribution in [0.4, 0.5) is 0 Å². The summed E-state index contributed by atoms with van der Waals surface area (Å²) in [6, 6.07) is -6.51. The van der Waals surface area contributed by atoms with Gasteiger partial charge in [0.05, 0.1) is 18.9 Å². The molecule has 0 radical (unpaired) electrons. The molecule has 3 amide bonds. The number of aliphatic hydroxyl groups excluding tert-OH is 1. The van der Waals surface area contributed by atoms with Crippen molar-refractivity contribution in [2.75, 3.05) is 5.75 Å². The molecule has 0 aliphatic heterocycles. The van der Waals surface area contributed by atoms with Crippen LogP contribution in [0.5, 0.6) is 0 Å². The monoisotopic (exact) mass is 452 g/mol. The number of thiol groups is 1. The summed E-state index contributed by atoms with van der Waals surface area (Å²) in [4.78, 5) is 69.5. The molecule has 0 aromatic rings. The molecular formula is C15H24N4O10S. The maximum Gasteiger partial charge on any atom is 0.327 e. The molecule has 0 saturated heterocycles. The zero-order valence-corrected chi connectivity index (χ0v) is 16.7. The van der Waals surface area contributed by atoms with Crippen LogP contribution in [0.1, 0.15) is 19.8 Å². The lowest BCUT2D eigenvalue weighted by Crippen LogP contribution is -2.58. The quantitative estimate of drug-likeness (QED) is 0.122. The van der Waals surface area contributed by atoms with Gasteiger partial charge in [-0.1, -0.05) is 0 Å². The van der Waals surface area contributed by atoms with Gasteiger partial charge in [0, 0.05) is 5.75 Å². The average Bonchev–Trinajstić information content (AvgIpc) is 2.62. The van der Waals surface area contributed by atoms with E-state index in [-0.39, 0.29) is 5.75 Å². The molecule has 0 bridgehead atoms. The second kappa shape index (κ2) is 12.6. The Morgan fingerprint density at radius 3 is 1.47 bits per heavy atom. The maximum absolute atomic E-state index is 12.4. The Hall–Kier alpha value is -2.91. The average molecular weight is 452 g/mol. The van der Waals surface area contributed by atoms with Gasteiger partial charge in [-0.25, -0.2) is 4.79 Å². The number of nitrogens with one attached hydrogen (secondary N) is 3. The fraction of sp³-hybridized carbons (Fsp3) is 0.600. The van der Waals surface area contributed by atoms with Gasteiger partial charge in [0.1, 0.15) is 24.2 Å². The van der Waals surface area contributed by atoms with Gasteiger partial charge < -0.3 is 42.1 Å². The molecule has 0 heterocycles. The lowest BCUT2D eigenvalue weighted by atomic mass is 10.1. The first-order valence-corrected chi connectivity index (χ1v) is 9.05. The summed E-state index contributed by atoms with van der Waals surface area (Å²) in [5.41, 5.74) is 5.41. The van der Waals surface area contributed by atoms with E-state index >= 15 is 0 Å². The second-order valence-electron chi connectivity index (χ2n) is 6.17. The van der Waals surface area contributed by atoms with E-state index in [0.29, 0.717) is 0 Å². The number of hydrogen-bond acceptors (Lipinski definition) is 9. The predicted molar refractivity (Wildman–Crippen MR) is 101 cm³/mol. The number of aliphatic carboxylic acids is 3. The van der Waals surface area contributed by atoms with Gasteiger partial charge in [-0.3, -0.25) is 24.0 Å². The number of nitrogens with two attached hydrogens (primary N) is 1. The maximum atomic E-state index is 12.4. The van der Waals surface area contributed by atoms with E-state index in [1.54, 1.807) is 0 Å². The molecule has 0 fully saturated rings. The molecule has 14 nitrogen and oxygen atoms in total. The summed E-state index contributed by atoms with van der Waals surface area (Å²) in [6.45, 7) is 1.18. The van der Waals surface area contributed by atoms with Gasteiger partial charge in [-0.05, 0) is 6.92 Å². The predicted octanol–water partition coefficient (Wildman–Crippen LogP) is -3.89. The van der Waals surface area contributed by atoms with Crippen molar-refractivity contribution in [1.29, 1.82) is 0 Å². The standard InChI is InChI=1S/C15H24N4O10S/c1-5(20)11(16)14(27)18-7(3-10(23)24)12(25)17-6(2-9(21)22)13(26)19-8(4-30)15(28)29/h5-8,11,20,30H,2-4,16H2,1H3,(H,17,25)(H,18,27)(H,19,26)(H,21,22)(H,23,24)(H,28,29). The van der Waals surface area contributed by atoms with Crippen molar-refractivity contribution < 1.29 is 49.2 Å². The van der Waals surface area contributed by atoms with E-state index in [1.165, 1.54) is 6.92 Å². The Labute approximate surface area is 175 Å². The third-order valence-corrected chi connectivity index (χ3v) is 4.01. The number of amides is 3. The largest absolute Gasteiger partial charge is 0.481 e. The number of carboxylic acids is 3. The molecule has 0 aliphatic carbocycles. The first kappa shape index (κ1) is 27.1. The summed E-state index contributed by atoms with van der Waals surface area (Å²) < 4.78 is 0. The molecule has 30 heavy (non-hydrogen) atoms. The van der Waals surface area contributed by atoms with Gasteiger partial charge in [0.2, 0.25) is 17.7 Å². The van der Waals surface area contributed by atoms with Crippen molar-refractivity contribution in [3.63, 3.8) is 0 Å². The summed E-state index contributed by atoms with van der Waals surface area (Å²) in [7, 11) is 0. The Kier molecular flexibility index (Phi) is 11.4. The number of rotatable bonds is 13. The van der Waals surface area contributed by atoms with Crippen LogP contribution in [0, 0.1) is 0 Å². The topological polar surface area (TPSA) is 245 Å². The summed E-state index contributed by atoms with van der Waals surface area (Å²) in [5, 5.41) is 42.1. The number of hydrogen-bond donors (Lipinski definition) is 9. The van der Waals surface area contributed by atoms with E-state index in [2.05, 4.69) is 12.6 Å². The van der Waals surface area contributed by atoms with Crippen molar-refractivity contribution >= 4 is 48.3 Å². The normalized spacial score (nSPS) is 15.6. The smallest absolute Gasteiger partial charge is 0.327 e. The molecular weight excluding hydrogens is 428 g/mol. The summed E-state index contributed by atoms with van der Waals surface area (Å²) in [5.74, 6) is -8.29. The van der Waals surface area contributed by atoms with Crippen LogP contribution in [-0.4, -0.2) is 92.1 Å². The van der Waals surface area contributed by atoms with Gasteiger partial charge >= 0.3 is 17.9 Å². The Morgan fingerprint density at radius 2 is 1.17 bits per heavy atom. The second-order valence-corrected chi connectivity index (χ2v) is 6.53. The number of carbonyl (C=O) groups excluding carboxylic acids is 3. The van der Waals surface area contributed by atoms with E-state index in [1.807, 2.05) is 16.0 Å². The highest BCUT2D eigenvalue weighted by Crippen LogP contribution is 2.01. The van der Waals surface area contributed by atoms with Crippen molar-refractivity contribution in [3.05, 3.63) is 0 Å². The van der Waals surface area contributed by atoms with E-state index < -0.39 is 78.7 Å². The van der Waals surface area contributed by atoms with Crippen LogP contribution < -0.4 is 21.7 Å². The molecule has 0 spiro atoms. The molecule has 0 aromatic carbocycles. The summed E-state index contributed by atoms with van der Waals surface area (Å²) in [6.07, 6.45) is -3.23. The Morgan fingerprint density at radius 1 is 0.800 bits per heavy atom. The van der Waals surface area contributed by atoms with Crippen LogP contribution >= 0.6 is 12.6 Å². The van der Waals surface area contributed by atoms with Gasteiger partial charge in [-0.15, -0.1) is 0 Å². The lowest BCUT2D eigenvalue weighted by molar-refractivity contribution is -0.144. The molecule has 0 aromatic heterocycles. The number of aliphatic hydroxyl groups is 1. The Bertz CT molecular complexity index is 686. The van der Waals surface area contributed by atoms with Crippen molar-refractivity contribution in [2.45, 2.75) is 50.0 Å². The van der Waals surface area contributed by atoms with Gasteiger partial charge in [0.15, 0.2) is 0 Å². The molecule has 170 valence electrons. The van der Waals surface area contributed by atoms with Crippen LogP contribution in [0.2, 0.25) is 0 Å². The minimum absolute atomic E-state index is 0.330. The lowest BCUT2D eigenvalue weighted by Gasteiger charge is -2.24. The van der Waals surface area contributed by atoms with Crippen molar-refractivity contribution in [3.8, 4) is 0 Å². The van der Waals surface area contributed by atoms with E-state index in [9.17, 15) is 33.9 Å². The Balaban J connectivity index is 5.48.